The Morgan fingerprint density at radius 1 is 1.50 bits per heavy atom. The molecule has 6 heteroatoms. The molecule has 0 aliphatic carbocycles. The molecule has 0 spiro atoms. The highest BCUT2D eigenvalue weighted by atomic mass is 32.2. The Morgan fingerprint density at radius 2 is 2.17 bits per heavy atom. The van der Waals surface area contributed by atoms with Gasteiger partial charge in [-0.25, -0.2) is 9.59 Å². The van der Waals surface area contributed by atoms with Gasteiger partial charge in [0.25, 0.3) is 0 Å². The van der Waals surface area contributed by atoms with Crippen LogP contribution in [-0.2, 0) is 0 Å². The molecule has 0 bridgehead atoms. The fourth-order valence-electron chi connectivity index (χ4n) is 1.58. The average Bonchev–Trinajstić information content (AvgIpc) is 2.22. The van der Waals surface area contributed by atoms with Gasteiger partial charge in [0, 0.05) is 5.69 Å². The minimum Gasteiger partial charge on any atom is -0.478 e. The number of hydrogen-bond donors (Lipinski definition) is 2. The van der Waals surface area contributed by atoms with Gasteiger partial charge in [-0.2, -0.15) is 4.98 Å². The Kier molecular flexibility index (Phi) is 5.40. The minimum absolute atomic E-state index is 0.101. The van der Waals surface area contributed by atoms with E-state index in [4.69, 9.17) is 5.11 Å². The molecule has 18 heavy (non-hydrogen) atoms. The minimum atomic E-state index is -1.05. The Morgan fingerprint density at radius 3 is 2.72 bits per heavy atom. The summed E-state index contributed by atoms with van der Waals surface area (Å²) in [6, 6.07) is 0. The lowest BCUT2D eigenvalue weighted by Crippen LogP contribution is -2.18. The fourth-order valence-corrected chi connectivity index (χ4v) is 2.61. The van der Waals surface area contributed by atoms with E-state index in [-0.39, 0.29) is 5.56 Å². The Hall–Kier alpha value is -1.30. The molecule has 0 unspecified atom stereocenters. The summed E-state index contributed by atoms with van der Waals surface area (Å²) in [7, 11) is 0. The zero-order chi connectivity index (χ0) is 13.7. The van der Waals surface area contributed by atoms with Crippen molar-refractivity contribution in [1.29, 1.82) is 0 Å². The van der Waals surface area contributed by atoms with Crippen molar-refractivity contribution in [3.05, 3.63) is 21.7 Å². The van der Waals surface area contributed by atoms with Crippen molar-refractivity contribution >= 4 is 17.7 Å². The van der Waals surface area contributed by atoms with Crippen molar-refractivity contribution in [3.8, 4) is 0 Å². The number of carboxylic acids is 1. The van der Waals surface area contributed by atoms with Gasteiger partial charge in [0.1, 0.15) is 10.6 Å². The molecule has 1 aromatic rings. The van der Waals surface area contributed by atoms with E-state index in [0.717, 1.165) is 18.6 Å². The highest BCUT2D eigenvalue weighted by Crippen LogP contribution is 2.22. The first-order chi connectivity index (χ1) is 8.41. The summed E-state index contributed by atoms with van der Waals surface area (Å²) in [5.74, 6) is 0.343. The number of nitrogens with one attached hydrogen (secondary N) is 1. The molecule has 0 fully saturated rings. The number of nitrogens with zero attached hydrogens (tertiary/aromatic N) is 1. The number of aromatic amines is 1. The number of aryl methyl sites for hydroxylation is 1. The van der Waals surface area contributed by atoms with Gasteiger partial charge in [-0.1, -0.05) is 20.3 Å². The standard InChI is InChI=1S/C12H18N2O3S/c1-7(2)5-4-6-18-10-9(11(15)16)8(3)13-12(17)14-10/h7H,4-6H2,1-3H3,(H,15,16)(H,13,14,17). The van der Waals surface area contributed by atoms with Crippen molar-refractivity contribution in [2.24, 2.45) is 5.92 Å². The maximum atomic E-state index is 11.3. The summed E-state index contributed by atoms with van der Waals surface area (Å²) in [6.07, 6.45) is 2.06. The van der Waals surface area contributed by atoms with Crippen molar-refractivity contribution in [1.82, 2.24) is 9.97 Å². The van der Waals surface area contributed by atoms with Gasteiger partial charge >= 0.3 is 11.7 Å². The van der Waals surface area contributed by atoms with Crippen LogP contribution in [0.1, 0.15) is 42.7 Å². The monoisotopic (exact) mass is 270 g/mol. The first-order valence-electron chi connectivity index (χ1n) is 5.88. The second kappa shape index (κ2) is 6.58. The smallest absolute Gasteiger partial charge is 0.346 e. The van der Waals surface area contributed by atoms with Crippen molar-refractivity contribution in [2.75, 3.05) is 5.75 Å². The number of rotatable bonds is 6. The van der Waals surface area contributed by atoms with Gasteiger partial charge < -0.3 is 10.1 Å². The van der Waals surface area contributed by atoms with Crippen LogP contribution in [0.5, 0.6) is 0 Å². The quantitative estimate of drug-likeness (QED) is 0.471. The lowest BCUT2D eigenvalue weighted by Gasteiger charge is -2.07. The van der Waals surface area contributed by atoms with Gasteiger partial charge in [-0.05, 0) is 25.0 Å². The normalized spacial score (nSPS) is 10.9. The summed E-state index contributed by atoms with van der Waals surface area (Å²) in [5, 5.41) is 9.42. The maximum Gasteiger partial charge on any atom is 0.346 e. The van der Waals surface area contributed by atoms with Crippen LogP contribution in [-0.4, -0.2) is 26.8 Å². The third-order valence-electron chi connectivity index (χ3n) is 2.46. The topological polar surface area (TPSA) is 83.0 Å². The highest BCUT2D eigenvalue weighted by molar-refractivity contribution is 7.99. The van der Waals surface area contributed by atoms with Gasteiger partial charge in [-0.15, -0.1) is 11.8 Å². The fraction of sp³-hybridized carbons (Fsp3) is 0.583. The molecule has 0 saturated carbocycles. The second-order valence-corrected chi connectivity index (χ2v) is 5.62. The van der Waals surface area contributed by atoms with Crippen molar-refractivity contribution < 1.29 is 9.90 Å². The summed E-state index contributed by atoms with van der Waals surface area (Å²) >= 11 is 1.33. The van der Waals surface area contributed by atoms with Crippen LogP contribution in [0, 0.1) is 12.8 Å². The van der Waals surface area contributed by atoms with Crippen molar-refractivity contribution in [2.45, 2.75) is 38.6 Å². The molecule has 1 heterocycles. The van der Waals surface area contributed by atoms with Crippen molar-refractivity contribution in [3.63, 3.8) is 0 Å². The molecular formula is C12H18N2O3S. The largest absolute Gasteiger partial charge is 0.478 e. The molecule has 0 aromatic carbocycles. The van der Waals surface area contributed by atoms with E-state index in [1.807, 2.05) is 0 Å². The Labute approximate surface area is 110 Å². The van der Waals surface area contributed by atoms with E-state index in [9.17, 15) is 9.59 Å². The lowest BCUT2D eigenvalue weighted by atomic mass is 10.1. The van der Waals surface area contributed by atoms with Gasteiger partial charge in [0.2, 0.25) is 0 Å². The number of aromatic nitrogens is 2. The van der Waals surface area contributed by atoms with Gasteiger partial charge in [0.05, 0.1) is 0 Å². The number of aromatic carboxylic acids is 1. The molecule has 1 aromatic heterocycles. The van der Waals surface area contributed by atoms with E-state index < -0.39 is 11.7 Å². The molecule has 0 aliphatic rings. The van der Waals surface area contributed by atoms with Crippen LogP contribution < -0.4 is 5.69 Å². The summed E-state index contributed by atoms with van der Waals surface area (Å²) < 4.78 is 0. The summed E-state index contributed by atoms with van der Waals surface area (Å²) in [4.78, 5) is 28.5. The van der Waals surface area contributed by atoms with E-state index in [2.05, 4.69) is 23.8 Å². The van der Waals surface area contributed by atoms with Crippen LogP contribution in [0.4, 0.5) is 0 Å². The summed E-state index contributed by atoms with van der Waals surface area (Å²) in [6.45, 7) is 5.86. The lowest BCUT2D eigenvalue weighted by molar-refractivity contribution is 0.0690. The highest BCUT2D eigenvalue weighted by Gasteiger charge is 2.16. The zero-order valence-electron chi connectivity index (χ0n) is 10.8. The number of carboxylic acid groups (broad SMARTS) is 1. The van der Waals surface area contributed by atoms with Gasteiger partial charge in [0.15, 0.2) is 0 Å². The molecule has 1 rings (SSSR count). The molecule has 2 N–H and O–H groups in total. The first kappa shape index (κ1) is 14.8. The Bertz CT molecular complexity index is 483. The molecule has 0 aliphatic heterocycles. The predicted molar refractivity (Wildman–Crippen MR) is 71.4 cm³/mol. The van der Waals surface area contributed by atoms with Crippen LogP contribution in [0.3, 0.4) is 0 Å². The number of thioether (sulfide) groups is 1. The molecular weight excluding hydrogens is 252 g/mol. The summed E-state index contributed by atoms with van der Waals surface area (Å²) in [5.41, 5.74) is -0.0399. The molecule has 100 valence electrons. The van der Waals surface area contributed by atoms with Crippen LogP contribution >= 0.6 is 11.8 Å². The van der Waals surface area contributed by atoms with Crippen LogP contribution in [0.25, 0.3) is 0 Å². The number of hydrogen-bond acceptors (Lipinski definition) is 4. The first-order valence-corrected chi connectivity index (χ1v) is 6.87. The van der Waals surface area contributed by atoms with E-state index in [0.29, 0.717) is 16.6 Å². The predicted octanol–water partition coefficient (Wildman–Crippen LogP) is 2.30. The Balaban J connectivity index is 2.81. The second-order valence-electron chi connectivity index (χ2n) is 4.54. The average molecular weight is 270 g/mol. The maximum absolute atomic E-state index is 11.3. The van der Waals surface area contributed by atoms with E-state index >= 15 is 0 Å². The van der Waals surface area contributed by atoms with Crippen LogP contribution in [0.15, 0.2) is 9.82 Å². The van der Waals surface area contributed by atoms with Gasteiger partial charge in [-0.3, -0.25) is 0 Å². The third-order valence-corrected chi connectivity index (χ3v) is 3.53. The molecule has 0 amide bonds. The number of H-pyrrole nitrogens is 1. The molecule has 0 atom stereocenters. The molecule has 5 nitrogen and oxygen atoms in total. The zero-order valence-corrected chi connectivity index (χ0v) is 11.6. The van der Waals surface area contributed by atoms with E-state index in [1.165, 1.54) is 11.8 Å². The molecule has 0 radical (unpaired) electrons. The number of carbonyl (C=O) groups is 1. The SMILES string of the molecule is Cc1[nH]c(=O)nc(SCCCC(C)C)c1C(=O)O. The molecule has 0 saturated heterocycles. The van der Waals surface area contributed by atoms with E-state index in [1.54, 1.807) is 6.92 Å². The van der Waals surface area contributed by atoms with Crippen LogP contribution in [0.2, 0.25) is 0 Å². The third kappa shape index (κ3) is 4.18.